The maximum absolute atomic E-state index is 12.0. The summed E-state index contributed by atoms with van der Waals surface area (Å²) in [6.07, 6.45) is 5.00. The van der Waals surface area contributed by atoms with Crippen LogP contribution in [0.15, 0.2) is 35.0 Å². The Morgan fingerprint density at radius 2 is 2.09 bits per heavy atom. The maximum atomic E-state index is 12.0. The number of thiophene rings is 1. The van der Waals surface area contributed by atoms with E-state index < -0.39 is 0 Å². The molecule has 0 atom stereocenters. The molecular formula is C18H21NO3S. The Bertz CT molecular complexity index is 648. The van der Waals surface area contributed by atoms with Gasteiger partial charge in [0, 0.05) is 17.5 Å². The molecule has 0 unspecified atom stereocenters. The molecule has 1 fully saturated rings. The average molecular weight is 331 g/mol. The van der Waals surface area contributed by atoms with Crippen molar-refractivity contribution in [1.82, 2.24) is 5.32 Å². The molecule has 1 amide bonds. The number of ether oxygens (including phenoxy) is 2. The Balaban J connectivity index is 1.62. The van der Waals surface area contributed by atoms with E-state index in [1.165, 1.54) is 24.2 Å². The summed E-state index contributed by atoms with van der Waals surface area (Å²) in [5.74, 6) is 1.45. The molecule has 1 aromatic heterocycles. The molecule has 1 saturated carbocycles. The molecule has 0 saturated heterocycles. The molecule has 4 nitrogen and oxygen atoms in total. The summed E-state index contributed by atoms with van der Waals surface area (Å²) in [7, 11) is 1.64. The van der Waals surface area contributed by atoms with Crippen LogP contribution in [-0.2, 0) is 6.54 Å². The number of benzene rings is 1. The van der Waals surface area contributed by atoms with E-state index in [0.29, 0.717) is 18.2 Å². The summed E-state index contributed by atoms with van der Waals surface area (Å²) in [5.41, 5.74) is 1.69. The fourth-order valence-corrected chi connectivity index (χ4v) is 3.42. The second-order valence-electron chi connectivity index (χ2n) is 5.70. The van der Waals surface area contributed by atoms with Crippen LogP contribution in [-0.4, -0.2) is 19.1 Å². The van der Waals surface area contributed by atoms with Gasteiger partial charge in [0.2, 0.25) is 0 Å². The molecule has 5 heteroatoms. The predicted molar refractivity (Wildman–Crippen MR) is 91.4 cm³/mol. The number of hydrogen-bond acceptors (Lipinski definition) is 4. The van der Waals surface area contributed by atoms with Crippen LogP contribution < -0.4 is 14.8 Å². The predicted octanol–water partition coefficient (Wildman–Crippen LogP) is 4.01. The van der Waals surface area contributed by atoms with Crippen LogP contribution >= 0.6 is 11.3 Å². The molecule has 1 aromatic carbocycles. The number of methoxy groups -OCH3 is 1. The smallest absolute Gasteiger partial charge is 0.252 e. The number of amides is 1. The molecule has 1 aliphatic carbocycles. The number of carbonyl (C=O) groups is 1. The molecule has 1 aliphatic rings. The average Bonchev–Trinajstić information content (AvgIpc) is 3.27. The number of hydrogen-bond donors (Lipinski definition) is 1. The van der Waals surface area contributed by atoms with Gasteiger partial charge in [0.05, 0.1) is 13.2 Å². The van der Waals surface area contributed by atoms with E-state index >= 15 is 0 Å². The number of nitrogens with one attached hydrogen (secondary N) is 1. The molecule has 0 radical (unpaired) electrons. The van der Waals surface area contributed by atoms with E-state index in [0.717, 1.165) is 29.9 Å². The van der Waals surface area contributed by atoms with Gasteiger partial charge in [-0.2, -0.15) is 11.3 Å². The van der Waals surface area contributed by atoms with Crippen molar-refractivity contribution < 1.29 is 14.3 Å². The van der Waals surface area contributed by atoms with E-state index in [-0.39, 0.29) is 5.91 Å². The van der Waals surface area contributed by atoms with Crippen LogP contribution in [0.2, 0.25) is 0 Å². The van der Waals surface area contributed by atoms with Crippen LogP contribution in [0.25, 0.3) is 0 Å². The molecule has 0 spiro atoms. The van der Waals surface area contributed by atoms with Gasteiger partial charge in [-0.3, -0.25) is 4.79 Å². The van der Waals surface area contributed by atoms with Crippen LogP contribution in [0, 0.1) is 0 Å². The van der Waals surface area contributed by atoms with Gasteiger partial charge in [0.15, 0.2) is 11.5 Å². The first-order chi connectivity index (χ1) is 11.3. The minimum Gasteiger partial charge on any atom is -0.493 e. The second-order valence-corrected chi connectivity index (χ2v) is 6.48. The summed E-state index contributed by atoms with van der Waals surface area (Å²) in [5, 5.41) is 6.65. The van der Waals surface area contributed by atoms with Crippen molar-refractivity contribution in [2.45, 2.75) is 38.3 Å². The van der Waals surface area contributed by atoms with Crippen molar-refractivity contribution >= 4 is 17.2 Å². The lowest BCUT2D eigenvalue weighted by Crippen LogP contribution is -2.22. The maximum Gasteiger partial charge on any atom is 0.252 e. The van der Waals surface area contributed by atoms with E-state index in [1.54, 1.807) is 7.11 Å². The minimum atomic E-state index is -0.0588. The SMILES string of the molecule is COc1cc(CNC(=O)c2ccsc2)ccc1OC1CCCC1. The highest BCUT2D eigenvalue weighted by Crippen LogP contribution is 2.32. The van der Waals surface area contributed by atoms with Crippen molar-refractivity contribution in [3.63, 3.8) is 0 Å². The topological polar surface area (TPSA) is 47.6 Å². The van der Waals surface area contributed by atoms with Crippen LogP contribution in [0.5, 0.6) is 11.5 Å². The fraction of sp³-hybridized carbons (Fsp3) is 0.389. The summed E-state index contributed by atoms with van der Waals surface area (Å²) in [4.78, 5) is 12.0. The molecule has 1 heterocycles. The Morgan fingerprint density at radius 3 is 2.78 bits per heavy atom. The van der Waals surface area contributed by atoms with E-state index in [2.05, 4.69) is 5.32 Å². The Hall–Kier alpha value is -2.01. The van der Waals surface area contributed by atoms with Crippen LogP contribution in [0.4, 0.5) is 0 Å². The number of rotatable bonds is 6. The normalized spacial score (nSPS) is 14.7. The Kier molecular flexibility index (Phi) is 5.18. The summed E-state index contributed by atoms with van der Waals surface area (Å²) < 4.78 is 11.5. The van der Waals surface area contributed by atoms with Gasteiger partial charge in [-0.05, 0) is 54.8 Å². The summed E-state index contributed by atoms with van der Waals surface area (Å²) in [6.45, 7) is 0.467. The van der Waals surface area contributed by atoms with E-state index in [9.17, 15) is 4.79 Å². The van der Waals surface area contributed by atoms with Crippen molar-refractivity contribution in [2.24, 2.45) is 0 Å². The largest absolute Gasteiger partial charge is 0.493 e. The first kappa shape index (κ1) is 15.9. The highest BCUT2D eigenvalue weighted by Gasteiger charge is 2.18. The highest BCUT2D eigenvalue weighted by molar-refractivity contribution is 7.08. The van der Waals surface area contributed by atoms with E-state index in [1.807, 2.05) is 35.0 Å². The van der Waals surface area contributed by atoms with Crippen LogP contribution in [0.3, 0.4) is 0 Å². The zero-order valence-corrected chi connectivity index (χ0v) is 14.0. The van der Waals surface area contributed by atoms with E-state index in [4.69, 9.17) is 9.47 Å². The minimum absolute atomic E-state index is 0.0588. The quantitative estimate of drug-likeness (QED) is 0.870. The third kappa shape index (κ3) is 4.05. The summed E-state index contributed by atoms with van der Waals surface area (Å²) >= 11 is 1.52. The van der Waals surface area contributed by atoms with Gasteiger partial charge in [0.25, 0.3) is 5.91 Å². The first-order valence-electron chi connectivity index (χ1n) is 7.90. The third-order valence-electron chi connectivity index (χ3n) is 4.06. The Labute approximate surface area is 140 Å². The molecule has 122 valence electrons. The zero-order valence-electron chi connectivity index (χ0n) is 13.2. The molecule has 1 N–H and O–H groups in total. The van der Waals surface area contributed by atoms with Crippen molar-refractivity contribution in [2.75, 3.05) is 7.11 Å². The standard InChI is InChI=1S/C18H21NO3S/c1-21-17-10-13(11-19-18(20)14-8-9-23-12-14)6-7-16(17)22-15-4-2-3-5-15/h6-10,12,15H,2-5,11H2,1H3,(H,19,20). The molecule has 0 bridgehead atoms. The van der Waals surface area contributed by atoms with Crippen molar-refractivity contribution in [1.29, 1.82) is 0 Å². The first-order valence-corrected chi connectivity index (χ1v) is 8.84. The molecule has 3 rings (SSSR count). The fourth-order valence-electron chi connectivity index (χ4n) is 2.78. The highest BCUT2D eigenvalue weighted by atomic mass is 32.1. The van der Waals surface area contributed by atoms with Gasteiger partial charge < -0.3 is 14.8 Å². The Morgan fingerprint density at radius 1 is 1.26 bits per heavy atom. The monoisotopic (exact) mass is 331 g/mol. The van der Waals surface area contributed by atoms with Gasteiger partial charge in [-0.15, -0.1) is 0 Å². The van der Waals surface area contributed by atoms with Gasteiger partial charge in [0.1, 0.15) is 0 Å². The van der Waals surface area contributed by atoms with Crippen LogP contribution in [0.1, 0.15) is 41.6 Å². The van der Waals surface area contributed by atoms with Gasteiger partial charge >= 0.3 is 0 Å². The lowest BCUT2D eigenvalue weighted by molar-refractivity contribution is 0.0951. The molecule has 23 heavy (non-hydrogen) atoms. The van der Waals surface area contributed by atoms with Gasteiger partial charge in [-0.25, -0.2) is 0 Å². The number of carbonyl (C=O) groups excluding carboxylic acids is 1. The van der Waals surface area contributed by atoms with Crippen molar-refractivity contribution in [3.8, 4) is 11.5 Å². The van der Waals surface area contributed by atoms with Gasteiger partial charge in [-0.1, -0.05) is 6.07 Å². The summed E-state index contributed by atoms with van der Waals surface area (Å²) in [6, 6.07) is 7.65. The van der Waals surface area contributed by atoms with Crippen molar-refractivity contribution in [3.05, 3.63) is 46.2 Å². The second kappa shape index (κ2) is 7.51. The molecule has 0 aliphatic heterocycles. The molecular weight excluding hydrogens is 310 g/mol. The molecule has 2 aromatic rings. The lowest BCUT2D eigenvalue weighted by atomic mass is 10.2. The third-order valence-corrected chi connectivity index (χ3v) is 4.74. The zero-order chi connectivity index (χ0) is 16.1. The lowest BCUT2D eigenvalue weighted by Gasteiger charge is -2.16.